The summed E-state index contributed by atoms with van der Waals surface area (Å²) in [5.74, 6) is -2.77. The van der Waals surface area contributed by atoms with Gasteiger partial charge in [0.05, 0.1) is 5.56 Å². The number of phenols is 2. The number of hydrogen-bond acceptors (Lipinski definition) is 5. The van der Waals surface area contributed by atoms with Crippen molar-refractivity contribution in [3.8, 4) is 11.5 Å². The van der Waals surface area contributed by atoms with Crippen molar-refractivity contribution in [2.24, 2.45) is 0 Å². The van der Waals surface area contributed by atoms with Gasteiger partial charge >= 0.3 is 5.97 Å². The molecular weight excluding hydrogens is 300 g/mol. The first-order chi connectivity index (χ1) is 10.7. The summed E-state index contributed by atoms with van der Waals surface area (Å²) >= 11 is 0. The number of aliphatic hydroxyl groups is 1. The van der Waals surface area contributed by atoms with Crippen LogP contribution in [0.15, 0.2) is 24.3 Å². The monoisotopic (exact) mass is 314 g/mol. The first kappa shape index (κ1) is 15.1. The lowest BCUT2D eigenvalue weighted by molar-refractivity contribution is 0.0690. The summed E-state index contributed by atoms with van der Waals surface area (Å²) in [6.45, 7) is 2.82. The maximum Gasteiger partial charge on any atom is 0.339 e. The molecule has 1 atom stereocenters. The third kappa shape index (κ3) is 1.85. The molecule has 0 unspecified atom stereocenters. The molecule has 23 heavy (non-hydrogen) atoms. The van der Waals surface area contributed by atoms with Crippen LogP contribution in [0.1, 0.15) is 49.9 Å². The van der Waals surface area contributed by atoms with Gasteiger partial charge in [-0.3, -0.25) is 4.79 Å². The molecule has 1 aliphatic carbocycles. The zero-order valence-electron chi connectivity index (χ0n) is 12.4. The second kappa shape index (κ2) is 4.57. The molecule has 0 aliphatic heterocycles. The molecule has 0 amide bonds. The van der Waals surface area contributed by atoms with Gasteiger partial charge < -0.3 is 20.4 Å². The molecule has 2 aromatic rings. The number of phenolic OH excluding ortho intramolecular Hbond substituents is 1. The highest BCUT2D eigenvalue weighted by Gasteiger charge is 2.42. The number of aromatic hydroxyl groups is 2. The molecule has 6 nitrogen and oxygen atoms in total. The number of hydrogen-bond donors (Lipinski definition) is 4. The van der Waals surface area contributed by atoms with E-state index in [2.05, 4.69) is 0 Å². The molecule has 0 fully saturated rings. The van der Waals surface area contributed by atoms with Crippen LogP contribution < -0.4 is 0 Å². The minimum absolute atomic E-state index is 0.0146. The van der Waals surface area contributed by atoms with E-state index in [4.69, 9.17) is 0 Å². The van der Waals surface area contributed by atoms with Crippen LogP contribution in [0.25, 0.3) is 0 Å². The van der Waals surface area contributed by atoms with E-state index in [0.717, 1.165) is 6.07 Å². The highest BCUT2D eigenvalue weighted by Crippen LogP contribution is 2.45. The maximum atomic E-state index is 12.8. The van der Waals surface area contributed by atoms with Gasteiger partial charge in [0.1, 0.15) is 22.7 Å². The minimum atomic E-state index is -1.66. The molecule has 4 N–H and O–H groups in total. The summed E-state index contributed by atoms with van der Waals surface area (Å²) in [7, 11) is 0. The fraction of sp³-hybridized carbons (Fsp3) is 0.176. The second-order valence-electron chi connectivity index (χ2n) is 5.72. The van der Waals surface area contributed by atoms with E-state index < -0.39 is 28.7 Å². The van der Waals surface area contributed by atoms with Crippen molar-refractivity contribution in [3.05, 3.63) is 57.6 Å². The van der Waals surface area contributed by atoms with E-state index in [1.807, 2.05) is 0 Å². The van der Waals surface area contributed by atoms with Crippen molar-refractivity contribution in [2.75, 3.05) is 0 Å². The van der Waals surface area contributed by atoms with E-state index in [1.54, 1.807) is 0 Å². The molecule has 0 spiro atoms. The fourth-order valence-electron chi connectivity index (χ4n) is 3.20. The van der Waals surface area contributed by atoms with Gasteiger partial charge in [-0.25, -0.2) is 4.79 Å². The van der Waals surface area contributed by atoms with Gasteiger partial charge in [0, 0.05) is 16.7 Å². The van der Waals surface area contributed by atoms with Gasteiger partial charge in [0.25, 0.3) is 0 Å². The van der Waals surface area contributed by atoms with Crippen molar-refractivity contribution >= 4 is 11.8 Å². The number of carbonyl (C=O) groups excluding carboxylic acids is 1. The molecule has 1 aliphatic rings. The van der Waals surface area contributed by atoms with Gasteiger partial charge in [-0.1, -0.05) is 12.1 Å². The average Bonchev–Trinajstić information content (AvgIpc) is 2.44. The number of rotatable bonds is 1. The lowest BCUT2D eigenvalue weighted by atomic mass is 9.72. The third-order valence-corrected chi connectivity index (χ3v) is 4.32. The molecule has 0 saturated heterocycles. The van der Waals surface area contributed by atoms with Crippen LogP contribution in [0.5, 0.6) is 11.5 Å². The SMILES string of the molecule is Cc1c(C(=O)O)c(O)cc2c1C(=O)c1c(O)cccc1[C@]2(C)O. The zero-order valence-corrected chi connectivity index (χ0v) is 12.4. The Bertz CT molecular complexity index is 879. The molecular formula is C17H14O6. The lowest BCUT2D eigenvalue weighted by Gasteiger charge is -2.34. The van der Waals surface area contributed by atoms with Gasteiger partial charge in [-0.2, -0.15) is 0 Å². The highest BCUT2D eigenvalue weighted by atomic mass is 16.4. The van der Waals surface area contributed by atoms with Crippen LogP contribution >= 0.6 is 0 Å². The summed E-state index contributed by atoms with van der Waals surface area (Å²) < 4.78 is 0. The van der Waals surface area contributed by atoms with Crippen LogP contribution in [-0.4, -0.2) is 32.2 Å². The molecule has 118 valence electrons. The molecule has 3 rings (SSSR count). The highest BCUT2D eigenvalue weighted by molar-refractivity contribution is 6.16. The van der Waals surface area contributed by atoms with Crippen molar-refractivity contribution in [2.45, 2.75) is 19.4 Å². The smallest absolute Gasteiger partial charge is 0.339 e. The number of fused-ring (bicyclic) bond motifs is 2. The van der Waals surface area contributed by atoms with Gasteiger partial charge in [0.2, 0.25) is 0 Å². The first-order valence-corrected chi connectivity index (χ1v) is 6.87. The predicted molar refractivity (Wildman–Crippen MR) is 80.0 cm³/mol. The zero-order chi connectivity index (χ0) is 17.1. The van der Waals surface area contributed by atoms with Crippen LogP contribution in [0.2, 0.25) is 0 Å². The summed E-state index contributed by atoms with van der Waals surface area (Å²) in [4.78, 5) is 24.1. The number of carboxylic acid groups (broad SMARTS) is 1. The van der Waals surface area contributed by atoms with E-state index in [0.29, 0.717) is 0 Å². The fourth-order valence-corrected chi connectivity index (χ4v) is 3.20. The van der Waals surface area contributed by atoms with Gasteiger partial charge in [-0.15, -0.1) is 0 Å². The molecule has 0 radical (unpaired) electrons. The summed E-state index contributed by atoms with van der Waals surface area (Å²) in [6, 6.07) is 5.43. The molecule has 2 aromatic carbocycles. The van der Waals surface area contributed by atoms with E-state index in [-0.39, 0.29) is 33.6 Å². The topological polar surface area (TPSA) is 115 Å². The van der Waals surface area contributed by atoms with E-state index in [1.165, 1.54) is 32.0 Å². The van der Waals surface area contributed by atoms with Gasteiger partial charge in [0.15, 0.2) is 5.78 Å². The van der Waals surface area contributed by atoms with Crippen molar-refractivity contribution in [1.82, 2.24) is 0 Å². The Morgan fingerprint density at radius 3 is 2.35 bits per heavy atom. The van der Waals surface area contributed by atoms with Crippen LogP contribution in [0.4, 0.5) is 0 Å². The standard InChI is InChI=1S/C17H14O6/c1-7-12-9(6-11(19)13(7)16(21)22)17(2,23)8-4-3-5-10(18)14(8)15(12)20/h3-6,18-19,23H,1-2H3,(H,21,22)/t17-/m0/s1. The Balaban J connectivity index is 2.46. The summed E-state index contributed by atoms with van der Waals surface area (Å²) in [5.41, 5.74) is -1.76. The molecule has 6 heteroatoms. The quantitative estimate of drug-likeness (QED) is 0.639. The molecule has 0 bridgehead atoms. The average molecular weight is 314 g/mol. The maximum absolute atomic E-state index is 12.8. The molecule has 0 heterocycles. The van der Waals surface area contributed by atoms with E-state index >= 15 is 0 Å². The Hall–Kier alpha value is -2.86. The predicted octanol–water partition coefficient (Wildman–Crippen LogP) is 1.90. The van der Waals surface area contributed by atoms with Crippen molar-refractivity contribution < 1.29 is 30.0 Å². The van der Waals surface area contributed by atoms with Crippen molar-refractivity contribution in [3.63, 3.8) is 0 Å². The van der Waals surface area contributed by atoms with Gasteiger partial charge in [-0.05, 0) is 31.5 Å². The molecule has 0 saturated carbocycles. The van der Waals surface area contributed by atoms with Crippen LogP contribution in [0, 0.1) is 6.92 Å². The number of carbonyl (C=O) groups is 2. The Labute approximate surface area is 131 Å². The number of aromatic carboxylic acids is 1. The molecule has 0 aromatic heterocycles. The Kier molecular flexibility index (Phi) is 2.99. The summed E-state index contributed by atoms with van der Waals surface area (Å²) in [5, 5.41) is 40.1. The second-order valence-corrected chi connectivity index (χ2v) is 5.72. The minimum Gasteiger partial charge on any atom is -0.507 e. The Morgan fingerprint density at radius 1 is 1.09 bits per heavy atom. The van der Waals surface area contributed by atoms with E-state index in [9.17, 15) is 30.0 Å². The summed E-state index contributed by atoms with van der Waals surface area (Å²) in [6.07, 6.45) is 0. The Morgan fingerprint density at radius 2 is 1.74 bits per heavy atom. The first-order valence-electron chi connectivity index (χ1n) is 6.87. The largest absolute Gasteiger partial charge is 0.507 e. The van der Waals surface area contributed by atoms with Crippen LogP contribution in [-0.2, 0) is 5.60 Å². The normalized spacial score (nSPS) is 19.2. The number of ketones is 1. The third-order valence-electron chi connectivity index (χ3n) is 4.32. The number of benzene rings is 2. The number of carboxylic acids is 1. The van der Waals surface area contributed by atoms with Crippen molar-refractivity contribution in [1.29, 1.82) is 0 Å². The lowest BCUT2D eigenvalue weighted by Crippen LogP contribution is -2.34. The van der Waals surface area contributed by atoms with Crippen LogP contribution in [0.3, 0.4) is 0 Å².